The first-order chi connectivity index (χ1) is 9.33. The van der Waals surface area contributed by atoms with E-state index in [9.17, 15) is 0 Å². The van der Waals surface area contributed by atoms with Crippen molar-refractivity contribution in [2.24, 2.45) is 0 Å². The summed E-state index contributed by atoms with van der Waals surface area (Å²) >= 11 is 5.86. The van der Waals surface area contributed by atoms with Crippen molar-refractivity contribution >= 4 is 11.6 Å². The number of halogens is 1. The van der Waals surface area contributed by atoms with Gasteiger partial charge in [-0.1, -0.05) is 29.8 Å². The highest BCUT2D eigenvalue weighted by Crippen LogP contribution is 2.21. The van der Waals surface area contributed by atoms with Crippen molar-refractivity contribution in [3.05, 3.63) is 66.1 Å². The van der Waals surface area contributed by atoms with Crippen LogP contribution in [-0.4, -0.2) is 15.0 Å². The fraction of sp³-hybridized carbons (Fsp3) is 0. The van der Waals surface area contributed by atoms with E-state index < -0.39 is 0 Å². The van der Waals surface area contributed by atoms with Crippen LogP contribution in [0.15, 0.2) is 61.1 Å². The minimum atomic E-state index is 0.623. The average molecular weight is 268 g/mol. The summed E-state index contributed by atoms with van der Waals surface area (Å²) in [5.41, 5.74) is 2.76. The Balaban J connectivity index is 1.93. The lowest BCUT2D eigenvalue weighted by atomic mass is 10.1. The quantitative estimate of drug-likeness (QED) is 0.708. The van der Waals surface area contributed by atoms with E-state index in [-0.39, 0.29) is 0 Å². The molecular formula is C15H10ClN3. The Morgan fingerprint density at radius 2 is 1.47 bits per heavy atom. The average Bonchev–Trinajstić information content (AvgIpc) is 2.49. The summed E-state index contributed by atoms with van der Waals surface area (Å²) in [7, 11) is 0. The predicted octanol–water partition coefficient (Wildman–Crippen LogP) is 3.86. The lowest BCUT2D eigenvalue weighted by Crippen LogP contribution is -1.91. The number of hydrogen-bond donors (Lipinski definition) is 0. The molecule has 0 radical (unpaired) electrons. The zero-order valence-corrected chi connectivity index (χ0v) is 10.7. The minimum Gasteiger partial charge on any atom is -0.253 e. The Labute approximate surface area is 116 Å². The van der Waals surface area contributed by atoms with E-state index in [1.54, 1.807) is 18.6 Å². The predicted molar refractivity (Wildman–Crippen MR) is 75.7 cm³/mol. The molecule has 92 valence electrons. The van der Waals surface area contributed by atoms with Crippen LogP contribution >= 0.6 is 11.6 Å². The number of hydrogen-bond acceptors (Lipinski definition) is 3. The second kappa shape index (κ2) is 5.16. The molecule has 2 heterocycles. The molecule has 0 fully saturated rings. The molecule has 0 atom stereocenters. The van der Waals surface area contributed by atoms with Gasteiger partial charge in [-0.2, -0.15) is 0 Å². The first kappa shape index (κ1) is 11.8. The van der Waals surface area contributed by atoms with E-state index >= 15 is 0 Å². The van der Waals surface area contributed by atoms with Gasteiger partial charge in [0.2, 0.25) is 0 Å². The number of aromatic nitrogens is 3. The maximum atomic E-state index is 5.86. The molecule has 19 heavy (non-hydrogen) atoms. The number of nitrogens with zero attached hydrogens (tertiary/aromatic N) is 3. The van der Waals surface area contributed by atoms with E-state index in [0.29, 0.717) is 5.82 Å². The topological polar surface area (TPSA) is 38.7 Å². The van der Waals surface area contributed by atoms with Crippen molar-refractivity contribution in [1.29, 1.82) is 0 Å². The van der Waals surface area contributed by atoms with Gasteiger partial charge in [-0.25, -0.2) is 9.97 Å². The standard InChI is InChI=1S/C15H10ClN3/c16-13-6-4-11(5-7-13)12-9-18-15(19-10-12)14-3-1-2-8-17-14/h1-10H. The third-order valence-corrected chi connectivity index (χ3v) is 2.98. The molecule has 0 saturated heterocycles. The Bertz CT molecular complexity index is 664. The zero-order chi connectivity index (χ0) is 13.1. The van der Waals surface area contributed by atoms with Crippen molar-refractivity contribution in [2.45, 2.75) is 0 Å². The van der Waals surface area contributed by atoms with Gasteiger partial charge in [-0.3, -0.25) is 4.98 Å². The lowest BCUT2D eigenvalue weighted by molar-refractivity contribution is 1.14. The van der Waals surface area contributed by atoms with Gasteiger partial charge in [-0.05, 0) is 29.8 Å². The molecule has 4 heteroatoms. The molecule has 3 nitrogen and oxygen atoms in total. The summed E-state index contributed by atoms with van der Waals surface area (Å²) in [6.45, 7) is 0. The smallest absolute Gasteiger partial charge is 0.178 e. The molecule has 2 aromatic heterocycles. The van der Waals surface area contributed by atoms with Crippen LogP contribution in [0.3, 0.4) is 0 Å². The van der Waals surface area contributed by atoms with Crippen LogP contribution in [0.2, 0.25) is 5.02 Å². The van der Waals surface area contributed by atoms with Crippen molar-refractivity contribution in [3.8, 4) is 22.6 Å². The Kier molecular flexibility index (Phi) is 3.21. The SMILES string of the molecule is Clc1ccc(-c2cnc(-c3ccccn3)nc2)cc1. The molecule has 0 aliphatic rings. The highest BCUT2D eigenvalue weighted by Gasteiger charge is 2.03. The van der Waals surface area contributed by atoms with Gasteiger partial charge in [0.05, 0.1) is 0 Å². The molecule has 3 aromatic rings. The van der Waals surface area contributed by atoms with Gasteiger partial charge in [-0.15, -0.1) is 0 Å². The molecule has 0 N–H and O–H groups in total. The molecular weight excluding hydrogens is 258 g/mol. The summed E-state index contributed by atoms with van der Waals surface area (Å²) in [4.78, 5) is 12.9. The molecule has 0 bridgehead atoms. The monoisotopic (exact) mass is 267 g/mol. The first-order valence-corrected chi connectivity index (χ1v) is 6.20. The van der Waals surface area contributed by atoms with Crippen molar-refractivity contribution in [2.75, 3.05) is 0 Å². The maximum absolute atomic E-state index is 5.86. The second-order valence-electron chi connectivity index (χ2n) is 4.02. The van der Waals surface area contributed by atoms with E-state index in [4.69, 9.17) is 11.6 Å². The third kappa shape index (κ3) is 2.61. The van der Waals surface area contributed by atoms with E-state index in [0.717, 1.165) is 21.8 Å². The van der Waals surface area contributed by atoms with E-state index in [1.807, 2.05) is 42.5 Å². The molecule has 0 unspecified atom stereocenters. The van der Waals surface area contributed by atoms with Crippen LogP contribution in [0, 0.1) is 0 Å². The van der Waals surface area contributed by atoms with Crippen molar-refractivity contribution < 1.29 is 0 Å². The van der Waals surface area contributed by atoms with Crippen molar-refractivity contribution in [1.82, 2.24) is 15.0 Å². The summed E-state index contributed by atoms with van der Waals surface area (Å²) in [5, 5.41) is 0.717. The fourth-order valence-electron chi connectivity index (χ4n) is 1.75. The fourth-order valence-corrected chi connectivity index (χ4v) is 1.87. The largest absolute Gasteiger partial charge is 0.253 e. The van der Waals surface area contributed by atoms with Crippen LogP contribution in [0.25, 0.3) is 22.6 Å². The summed E-state index contributed by atoms with van der Waals surface area (Å²) in [6.07, 6.45) is 5.31. The van der Waals surface area contributed by atoms with Gasteiger partial charge in [0.1, 0.15) is 5.69 Å². The Morgan fingerprint density at radius 3 is 2.11 bits per heavy atom. The van der Waals surface area contributed by atoms with Gasteiger partial charge in [0.15, 0.2) is 5.82 Å². The van der Waals surface area contributed by atoms with Gasteiger partial charge in [0.25, 0.3) is 0 Å². The van der Waals surface area contributed by atoms with Gasteiger partial charge in [0, 0.05) is 29.2 Å². The summed E-state index contributed by atoms with van der Waals surface area (Å²) in [5.74, 6) is 0.623. The molecule has 1 aromatic carbocycles. The van der Waals surface area contributed by atoms with Gasteiger partial charge < -0.3 is 0 Å². The highest BCUT2D eigenvalue weighted by atomic mass is 35.5. The number of rotatable bonds is 2. The summed E-state index contributed by atoms with van der Waals surface area (Å²) < 4.78 is 0. The van der Waals surface area contributed by atoms with Crippen molar-refractivity contribution in [3.63, 3.8) is 0 Å². The van der Waals surface area contributed by atoms with Crippen LogP contribution in [0.1, 0.15) is 0 Å². The van der Waals surface area contributed by atoms with Gasteiger partial charge >= 0.3 is 0 Å². The Morgan fingerprint density at radius 1 is 0.737 bits per heavy atom. The molecule has 0 saturated carbocycles. The molecule has 3 rings (SSSR count). The molecule has 0 aliphatic carbocycles. The van der Waals surface area contributed by atoms with E-state index in [2.05, 4.69) is 15.0 Å². The molecule has 0 aliphatic heterocycles. The second-order valence-corrected chi connectivity index (χ2v) is 4.45. The van der Waals surface area contributed by atoms with Crippen LogP contribution in [0.5, 0.6) is 0 Å². The minimum absolute atomic E-state index is 0.623. The van der Waals surface area contributed by atoms with Crippen LogP contribution in [0.4, 0.5) is 0 Å². The van der Waals surface area contributed by atoms with E-state index in [1.165, 1.54) is 0 Å². The zero-order valence-electron chi connectivity index (χ0n) is 9.99. The lowest BCUT2D eigenvalue weighted by Gasteiger charge is -2.02. The van der Waals surface area contributed by atoms with Crippen LogP contribution < -0.4 is 0 Å². The summed E-state index contributed by atoms with van der Waals surface area (Å²) in [6, 6.07) is 13.3. The number of pyridine rings is 1. The maximum Gasteiger partial charge on any atom is 0.178 e. The molecule has 0 spiro atoms. The highest BCUT2D eigenvalue weighted by molar-refractivity contribution is 6.30. The van der Waals surface area contributed by atoms with Crippen LogP contribution in [-0.2, 0) is 0 Å². The normalized spacial score (nSPS) is 10.4. The first-order valence-electron chi connectivity index (χ1n) is 5.82. The third-order valence-electron chi connectivity index (χ3n) is 2.72. The molecule has 0 amide bonds. The number of benzene rings is 1. The Hall–Kier alpha value is -2.26.